The van der Waals surface area contributed by atoms with Gasteiger partial charge in [-0.2, -0.15) is 5.10 Å². The lowest BCUT2D eigenvalue weighted by molar-refractivity contribution is -0.126. The van der Waals surface area contributed by atoms with Gasteiger partial charge in [-0.25, -0.2) is 5.43 Å². The second kappa shape index (κ2) is 9.07. The van der Waals surface area contributed by atoms with Crippen molar-refractivity contribution in [2.45, 2.75) is 6.42 Å². The number of phenols is 1. The smallest absolute Gasteiger partial charge is 0.249 e. The van der Waals surface area contributed by atoms with E-state index in [-0.39, 0.29) is 11.5 Å². The molecule has 0 spiro atoms. The summed E-state index contributed by atoms with van der Waals surface area (Å²) in [4.78, 5) is 23.7. The minimum Gasteiger partial charge on any atom is -0.504 e. The number of phenolic OH excluding ortho intramolecular Hbond substituents is 1. The number of carbonyl (C=O) groups is 2. The highest BCUT2D eigenvalue weighted by atomic mass is 16.5. The highest BCUT2D eigenvalue weighted by molar-refractivity contribution is 6.04. The Labute approximate surface area is 150 Å². The number of aromatic hydroxyl groups is 1. The summed E-state index contributed by atoms with van der Waals surface area (Å²) >= 11 is 0. The Morgan fingerprint density at radius 3 is 2.54 bits per heavy atom. The lowest BCUT2D eigenvalue weighted by Crippen LogP contribution is -2.24. The SMILES string of the molecule is COc1cc(C=NNC(=O)CC(=O)Nc2ccccc2OC)ccc1O. The van der Waals surface area contributed by atoms with E-state index < -0.39 is 18.2 Å². The largest absolute Gasteiger partial charge is 0.504 e. The number of methoxy groups -OCH3 is 2. The van der Waals surface area contributed by atoms with E-state index >= 15 is 0 Å². The standard InChI is InChI=1S/C18H19N3O5/c1-25-15-6-4-3-5-13(15)20-17(23)10-18(24)21-19-11-12-7-8-14(22)16(9-12)26-2/h3-9,11,22H,10H2,1-2H3,(H,20,23)(H,21,24). The van der Waals surface area contributed by atoms with Gasteiger partial charge in [-0.1, -0.05) is 12.1 Å². The van der Waals surface area contributed by atoms with Crippen molar-refractivity contribution in [3.05, 3.63) is 48.0 Å². The third kappa shape index (κ3) is 5.23. The topological polar surface area (TPSA) is 109 Å². The maximum absolute atomic E-state index is 11.9. The fraction of sp³-hybridized carbons (Fsp3) is 0.167. The lowest BCUT2D eigenvalue weighted by Gasteiger charge is -2.09. The van der Waals surface area contributed by atoms with Crippen LogP contribution in [0, 0.1) is 0 Å². The normalized spacial score (nSPS) is 10.4. The first-order chi connectivity index (χ1) is 12.5. The van der Waals surface area contributed by atoms with E-state index in [1.807, 2.05) is 0 Å². The molecule has 0 aromatic heterocycles. The maximum Gasteiger partial charge on any atom is 0.249 e. The summed E-state index contributed by atoms with van der Waals surface area (Å²) in [5.41, 5.74) is 3.35. The van der Waals surface area contributed by atoms with Crippen molar-refractivity contribution < 1.29 is 24.2 Å². The number of nitrogens with zero attached hydrogens (tertiary/aromatic N) is 1. The predicted octanol–water partition coefficient (Wildman–Crippen LogP) is 1.89. The fourth-order valence-electron chi connectivity index (χ4n) is 2.08. The van der Waals surface area contributed by atoms with E-state index in [0.29, 0.717) is 17.0 Å². The quantitative estimate of drug-likeness (QED) is 0.398. The van der Waals surface area contributed by atoms with Crippen LogP contribution in [0.4, 0.5) is 5.69 Å². The highest BCUT2D eigenvalue weighted by Gasteiger charge is 2.11. The molecule has 8 heteroatoms. The van der Waals surface area contributed by atoms with Crippen molar-refractivity contribution in [2.75, 3.05) is 19.5 Å². The molecule has 2 aromatic rings. The summed E-state index contributed by atoms with van der Waals surface area (Å²) in [6, 6.07) is 11.5. The van der Waals surface area contributed by atoms with E-state index in [2.05, 4.69) is 15.8 Å². The minimum atomic E-state index is -0.570. The van der Waals surface area contributed by atoms with Crippen LogP contribution < -0.4 is 20.2 Å². The number of hydrogen-bond donors (Lipinski definition) is 3. The van der Waals surface area contributed by atoms with E-state index in [0.717, 1.165) is 0 Å². The first-order valence-corrected chi connectivity index (χ1v) is 7.65. The van der Waals surface area contributed by atoms with Crippen molar-refractivity contribution in [1.82, 2.24) is 5.43 Å². The van der Waals surface area contributed by atoms with E-state index in [9.17, 15) is 14.7 Å². The van der Waals surface area contributed by atoms with Crippen molar-refractivity contribution >= 4 is 23.7 Å². The van der Waals surface area contributed by atoms with Crippen molar-refractivity contribution in [2.24, 2.45) is 5.10 Å². The van der Waals surface area contributed by atoms with Crippen LogP contribution in [0.1, 0.15) is 12.0 Å². The molecule has 0 bridgehead atoms. The van der Waals surface area contributed by atoms with Gasteiger partial charge in [-0.3, -0.25) is 9.59 Å². The Balaban J connectivity index is 1.87. The zero-order chi connectivity index (χ0) is 18.9. The molecule has 136 valence electrons. The second-order valence-corrected chi connectivity index (χ2v) is 5.15. The highest BCUT2D eigenvalue weighted by Crippen LogP contribution is 2.25. The summed E-state index contributed by atoms with van der Waals surface area (Å²) in [6.07, 6.45) is 0.978. The average molecular weight is 357 g/mol. The summed E-state index contributed by atoms with van der Waals surface area (Å²) in [5, 5.41) is 15.9. The number of carbonyl (C=O) groups excluding carboxylic acids is 2. The van der Waals surface area contributed by atoms with Gasteiger partial charge >= 0.3 is 0 Å². The van der Waals surface area contributed by atoms with Gasteiger partial charge in [0.1, 0.15) is 12.2 Å². The monoisotopic (exact) mass is 357 g/mol. The molecule has 26 heavy (non-hydrogen) atoms. The Morgan fingerprint density at radius 1 is 1.08 bits per heavy atom. The minimum absolute atomic E-state index is 0.00157. The van der Waals surface area contributed by atoms with Crippen LogP contribution in [0.5, 0.6) is 17.2 Å². The molecule has 3 N–H and O–H groups in total. The average Bonchev–Trinajstić information content (AvgIpc) is 2.63. The Bertz CT molecular complexity index is 820. The van der Waals surface area contributed by atoms with Crippen LogP contribution in [0.3, 0.4) is 0 Å². The summed E-state index contributed by atoms with van der Waals surface area (Å²) in [7, 11) is 2.92. The van der Waals surface area contributed by atoms with Gasteiger partial charge in [0.25, 0.3) is 0 Å². The van der Waals surface area contributed by atoms with Crippen molar-refractivity contribution in [1.29, 1.82) is 0 Å². The van der Waals surface area contributed by atoms with Gasteiger partial charge < -0.3 is 19.9 Å². The molecular weight excluding hydrogens is 338 g/mol. The number of anilines is 1. The van der Waals surface area contributed by atoms with E-state index in [4.69, 9.17) is 9.47 Å². The molecule has 0 saturated carbocycles. The molecule has 8 nitrogen and oxygen atoms in total. The number of hydrogen-bond acceptors (Lipinski definition) is 6. The maximum atomic E-state index is 11.9. The van der Waals surface area contributed by atoms with Gasteiger partial charge in [-0.05, 0) is 35.9 Å². The second-order valence-electron chi connectivity index (χ2n) is 5.15. The Hall–Kier alpha value is -3.55. The molecule has 0 heterocycles. The van der Waals surface area contributed by atoms with Gasteiger partial charge in [-0.15, -0.1) is 0 Å². The zero-order valence-corrected chi connectivity index (χ0v) is 14.4. The lowest BCUT2D eigenvalue weighted by atomic mass is 10.2. The van der Waals surface area contributed by atoms with Crippen LogP contribution in [-0.4, -0.2) is 37.4 Å². The molecule has 2 rings (SSSR count). The van der Waals surface area contributed by atoms with Gasteiger partial charge in [0.05, 0.1) is 26.1 Å². The van der Waals surface area contributed by atoms with Crippen LogP contribution in [-0.2, 0) is 9.59 Å². The van der Waals surface area contributed by atoms with Gasteiger partial charge in [0, 0.05) is 0 Å². The molecule has 0 aliphatic rings. The number of rotatable bonds is 7. The first-order valence-electron chi connectivity index (χ1n) is 7.65. The molecule has 0 fully saturated rings. The molecule has 0 unspecified atom stereocenters. The van der Waals surface area contributed by atoms with Gasteiger partial charge in [0.15, 0.2) is 11.5 Å². The van der Waals surface area contributed by atoms with Crippen molar-refractivity contribution in [3.8, 4) is 17.2 Å². The van der Waals surface area contributed by atoms with E-state index in [1.54, 1.807) is 36.4 Å². The molecule has 0 atom stereocenters. The summed E-state index contributed by atoms with van der Waals surface area (Å²) < 4.78 is 10.1. The van der Waals surface area contributed by atoms with Crippen molar-refractivity contribution in [3.63, 3.8) is 0 Å². The van der Waals surface area contributed by atoms with Crippen LogP contribution >= 0.6 is 0 Å². The molecule has 2 aromatic carbocycles. The third-order valence-electron chi connectivity index (χ3n) is 3.31. The Morgan fingerprint density at radius 2 is 1.81 bits per heavy atom. The first kappa shape index (κ1) is 18.8. The number of ether oxygens (including phenoxy) is 2. The van der Waals surface area contributed by atoms with Crippen LogP contribution in [0.2, 0.25) is 0 Å². The Kier molecular flexibility index (Phi) is 6.55. The number of amides is 2. The molecule has 0 saturated heterocycles. The van der Waals surface area contributed by atoms with Gasteiger partial charge in [0.2, 0.25) is 11.8 Å². The summed E-state index contributed by atoms with van der Waals surface area (Å²) in [6.45, 7) is 0. The summed E-state index contributed by atoms with van der Waals surface area (Å²) in [5.74, 6) is -0.272. The molecule has 0 radical (unpaired) electrons. The number of hydrazone groups is 1. The number of benzene rings is 2. The van der Waals surface area contributed by atoms with Crippen LogP contribution in [0.25, 0.3) is 0 Å². The number of nitrogens with one attached hydrogen (secondary N) is 2. The fourth-order valence-corrected chi connectivity index (χ4v) is 2.08. The molecule has 0 aliphatic heterocycles. The number of para-hydroxylation sites is 2. The molecular formula is C18H19N3O5. The molecule has 2 amide bonds. The van der Waals surface area contributed by atoms with Crippen LogP contribution in [0.15, 0.2) is 47.6 Å². The molecule has 0 aliphatic carbocycles. The predicted molar refractivity (Wildman–Crippen MR) is 96.6 cm³/mol. The zero-order valence-electron chi connectivity index (χ0n) is 14.4. The third-order valence-corrected chi connectivity index (χ3v) is 3.31. The van der Waals surface area contributed by atoms with E-state index in [1.165, 1.54) is 26.5 Å².